The number of aromatic nitrogens is 1. The quantitative estimate of drug-likeness (QED) is 0.695. The van der Waals surface area contributed by atoms with E-state index in [2.05, 4.69) is 32.0 Å². The fourth-order valence-electron chi connectivity index (χ4n) is 2.36. The average molecular weight is 269 g/mol. The van der Waals surface area contributed by atoms with Gasteiger partial charge in [0.25, 0.3) is 0 Å². The van der Waals surface area contributed by atoms with Crippen LogP contribution >= 0.6 is 11.3 Å². The Labute approximate surface area is 115 Å². The Morgan fingerprint density at radius 2 is 1.89 bits per heavy atom. The number of fused-ring (bicyclic) bond motifs is 1. The molecule has 2 aromatic carbocycles. The summed E-state index contributed by atoms with van der Waals surface area (Å²) < 4.78 is 2.91. The number of hydrogen-bond acceptors (Lipinski definition) is 2. The van der Waals surface area contributed by atoms with E-state index in [1.54, 1.807) is 0 Å². The highest BCUT2D eigenvalue weighted by molar-refractivity contribution is 7.16. The first-order valence-corrected chi connectivity index (χ1v) is 7.11. The monoisotopic (exact) mass is 269 g/mol. The zero-order valence-electron chi connectivity index (χ0n) is 11.0. The number of hydrogen-bond donors (Lipinski definition) is 0. The lowest BCUT2D eigenvalue weighted by Gasteiger charge is -2.08. The number of benzene rings is 2. The first-order chi connectivity index (χ1) is 9.15. The molecule has 0 amide bonds. The minimum absolute atomic E-state index is 0.112. The highest BCUT2D eigenvalue weighted by atomic mass is 32.1. The minimum Gasteiger partial charge on any atom is -0.294 e. The second-order valence-corrected chi connectivity index (χ2v) is 5.84. The van der Waals surface area contributed by atoms with Gasteiger partial charge in [0.1, 0.15) is 0 Å². The highest BCUT2D eigenvalue weighted by Gasteiger charge is 2.08. The van der Waals surface area contributed by atoms with Crippen molar-refractivity contribution in [2.45, 2.75) is 20.4 Å². The van der Waals surface area contributed by atoms with Gasteiger partial charge in [-0.2, -0.15) is 0 Å². The van der Waals surface area contributed by atoms with E-state index in [4.69, 9.17) is 0 Å². The molecule has 0 spiro atoms. The summed E-state index contributed by atoms with van der Waals surface area (Å²) in [5, 5.41) is 0. The Bertz CT molecular complexity index is 798. The molecule has 0 saturated carbocycles. The number of nitrogens with zero attached hydrogens (tertiary/aromatic N) is 1. The van der Waals surface area contributed by atoms with Crippen LogP contribution in [-0.4, -0.2) is 4.57 Å². The van der Waals surface area contributed by atoms with Crippen LogP contribution in [-0.2, 0) is 6.54 Å². The van der Waals surface area contributed by atoms with E-state index in [-0.39, 0.29) is 4.87 Å². The lowest BCUT2D eigenvalue weighted by atomic mass is 10.1. The van der Waals surface area contributed by atoms with E-state index in [0.717, 1.165) is 10.2 Å². The summed E-state index contributed by atoms with van der Waals surface area (Å²) in [7, 11) is 0. The summed E-state index contributed by atoms with van der Waals surface area (Å²) >= 11 is 1.31. The third kappa shape index (κ3) is 2.22. The van der Waals surface area contributed by atoms with Gasteiger partial charge < -0.3 is 0 Å². The Balaban J connectivity index is 2.10. The van der Waals surface area contributed by atoms with E-state index in [9.17, 15) is 4.79 Å². The van der Waals surface area contributed by atoms with Crippen molar-refractivity contribution in [3.8, 4) is 0 Å². The Hall–Kier alpha value is -1.87. The van der Waals surface area contributed by atoms with E-state index in [1.807, 2.05) is 28.8 Å². The lowest BCUT2D eigenvalue weighted by molar-refractivity contribution is 0.809. The maximum absolute atomic E-state index is 12.1. The van der Waals surface area contributed by atoms with Crippen LogP contribution in [0.5, 0.6) is 0 Å². The zero-order chi connectivity index (χ0) is 13.4. The van der Waals surface area contributed by atoms with Crippen molar-refractivity contribution in [3.05, 3.63) is 68.8 Å². The molecule has 3 aromatic rings. The standard InChI is InChI=1S/C16H15NOS/c1-11-7-8-13(12(2)9-11)10-17-14-5-3-4-6-15(14)19-16(17)18/h3-9H,10H2,1-2H3. The molecule has 2 nitrogen and oxygen atoms in total. The van der Waals surface area contributed by atoms with Crippen LogP contribution < -0.4 is 4.87 Å². The number of para-hydroxylation sites is 1. The van der Waals surface area contributed by atoms with E-state index in [1.165, 1.54) is 28.0 Å². The molecule has 0 aliphatic carbocycles. The topological polar surface area (TPSA) is 22.0 Å². The molecule has 0 saturated heterocycles. The van der Waals surface area contributed by atoms with E-state index >= 15 is 0 Å². The Morgan fingerprint density at radius 1 is 1.11 bits per heavy atom. The van der Waals surface area contributed by atoms with Gasteiger partial charge in [0.2, 0.25) is 0 Å². The summed E-state index contributed by atoms with van der Waals surface area (Å²) in [6.07, 6.45) is 0. The third-order valence-corrected chi connectivity index (χ3v) is 4.36. The molecule has 1 aromatic heterocycles. The summed E-state index contributed by atoms with van der Waals surface area (Å²) in [5.41, 5.74) is 4.72. The van der Waals surface area contributed by atoms with Gasteiger partial charge in [0.05, 0.1) is 16.8 Å². The largest absolute Gasteiger partial charge is 0.308 e. The van der Waals surface area contributed by atoms with Gasteiger partial charge in [-0.1, -0.05) is 47.2 Å². The fraction of sp³-hybridized carbons (Fsp3) is 0.188. The SMILES string of the molecule is Cc1ccc(Cn2c(=O)sc3ccccc32)c(C)c1. The van der Waals surface area contributed by atoms with Crippen LogP contribution in [0.25, 0.3) is 10.2 Å². The predicted octanol–water partition coefficient (Wildman–Crippen LogP) is 3.73. The van der Waals surface area contributed by atoms with Gasteiger partial charge in [0.15, 0.2) is 0 Å². The maximum Gasteiger partial charge on any atom is 0.308 e. The first kappa shape index (κ1) is 12.2. The minimum atomic E-state index is 0.112. The van der Waals surface area contributed by atoms with Gasteiger partial charge in [-0.05, 0) is 37.1 Å². The molecule has 0 unspecified atom stereocenters. The summed E-state index contributed by atoms with van der Waals surface area (Å²) in [4.78, 5) is 12.2. The van der Waals surface area contributed by atoms with Crippen LogP contribution in [0, 0.1) is 13.8 Å². The smallest absolute Gasteiger partial charge is 0.294 e. The van der Waals surface area contributed by atoms with Gasteiger partial charge in [-0.25, -0.2) is 0 Å². The van der Waals surface area contributed by atoms with E-state index in [0.29, 0.717) is 6.54 Å². The average Bonchev–Trinajstić information content (AvgIpc) is 2.69. The fourth-order valence-corrected chi connectivity index (χ4v) is 3.25. The first-order valence-electron chi connectivity index (χ1n) is 6.29. The summed E-state index contributed by atoms with van der Waals surface area (Å²) in [5.74, 6) is 0. The molecule has 19 heavy (non-hydrogen) atoms. The molecule has 0 atom stereocenters. The van der Waals surface area contributed by atoms with Gasteiger partial charge in [-0.15, -0.1) is 0 Å². The van der Waals surface area contributed by atoms with Gasteiger partial charge in [0, 0.05) is 0 Å². The van der Waals surface area contributed by atoms with Crippen molar-refractivity contribution in [2.24, 2.45) is 0 Å². The zero-order valence-corrected chi connectivity index (χ0v) is 11.8. The predicted molar refractivity (Wildman–Crippen MR) is 81.1 cm³/mol. The molecule has 3 heteroatoms. The molecule has 96 valence electrons. The summed E-state index contributed by atoms with van der Waals surface area (Å²) in [6, 6.07) is 14.3. The molecule has 0 aliphatic heterocycles. The molecular weight excluding hydrogens is 254 g/mol. The van der Waals surface area contributed by atoms with Crippen LogP contribution in [0.2, 0.25) is 0 Å². The molecule has 0 aliphatic rings. The molecule has 0 fully saturated rings. The number of thiazole rings is 1. The third-order valence-electron chi connectivity index (χ3n) is 3.40. The normalized spacial score (nSPS) is 11.1. The van der Waals surface area contributed by atoms with Gasteiger partial charge >= 0.3 is 4.87 Å². The van der Waals surface area contributed by atoms with Crippen LogP contribution in [0.3, 0.4) is 0 Å². The summed E-state index contributed by atoms with van der Waals surface area (Å²) in [6.45, 7) is 4.83. The number of rotatable bonds is 2. The number of aryl methyl sites for hydroxylation is 2. The van der Waals surface area contributed by atoms with E-state index < -0.39 is 0 Å². The molecule has 0 N–H and O–H groups in total. The van der Waals surface area contributed by atoms with Crippen molar-refractivity contribution in [2.75, 3.05) is 0 Å². The maximum atomic E-state index is 12.1. The van der Waals surface area contributed by atoms with Crippen molar-refractivity contribution < 1.29 is 0 Å². The van der Waals surface area contributed by atoms with Crippen molar-refractivity contribution in [3.63, 3.8) is 0 Å². The highest BCUT2D eigenvalue weighted by Crippen LogP contribution is 2.19. The van der Waals surface area contributed by atoms with Gasteiger partial charge in [-0.3, -0.25) is 9.36 Å². The molecule has 0 bridgehead atoms. The van der Waals surface area contributed by atoms with Crippen molar-refractivity contribution in [1.82, 2.24) is 4.57 Å². The van der Waals surface area contributed by atoms with Crippen LogP contribution in [0.15, 0.2) is 47.3 Å². The molecule has 1 heterocycles. The Morgan fingerprint density at radius 3 is 2.68 bits per heavy atom. The molecule has 0 radical (unpaired) electrons. The van der Waals surface area contributed by atoms with Crippen molar-refractivity contribution >= 4 is 21.6 Å². The molecular formula is C16H15NOS. The van der Waals surface area contributed by atoms with Crippen LogP contribution in [0.1, 0.15) is 16.7 Å². The van der Waals surface area contributed by atoms with Crippen LogP contribution in [0.4, 0.5) is 0 Å². The Kier molecular flexibility index (Phi) is 2.99. The van der Waals surface area contributed by atoms with Crippen molar-refractivity contribution in [1.29, 1.82) is 0 Å². The molecule has 3 rings (SSSR count). The lowest BCUT2D eigenvalue weighted by Crippen LogP contribution is -2.14. The second kappa shape index (κ2) is 4.67. The second-order valence-electron chi connectivity index (χ2n) is 4.85.